The minimum absolute atomic E-state index is 0.0440. The van der Waals surface area contributed by atoms with E-state index in [1.807, 2.05) is 72.7 Å². The maximum absolute atomic E-state index is 13.0. The summed E-state index contributed by atoms with van der Waals surface area (Å²) in [6.07, 6.45) is 3.15. The second-order valence-electron chi connectivity index (χ2n) is 10.9. The fourth-order valence-electron chi connectivity index (χ4n) is 4.25. The molecule has 0 saturated heterocycles. The van der Waals surface area contributed by atoms with Gasteiger partial charge < -0.3 is 19.2 Å². The molecular formula is C28H40N2O5. The number of amides is 1. The van der Waals surface area contributed by atoms with Crippen LogP contribution in [0.25, 0.3) is 11.5 Å². The minimum Gasteiger partial charge on any atom is -0.458 e. The van der Waals surface area contributed by atoms with Crippen molar-refractivity contribution >= 4 is 11.9 Å². The predicted octanol–water partition coefficient (Wildman–Crippen LogP) is 5.52. The molecule has 192 valence electrons. The summed E-state index contributed by atoms with van der Waals surface area (Å²) in [5, 5.41) is 2.94. The molecular weight excluding hydrogens is 444 g/mol. The Morgan fingerprint density at radius 3 is 2.46 bits per heavy atom. The molecule has 0 bridgehead atoms. The van der Waals surface area contributed by atoms with Crippen molar-refractivity contribution in [1.82, 2.24) is 10.3 Å². The molecule has 0 radical (unpaired) electrons. The van der Waals surface area contributed by atoms with Crippen LogP contribution in [0.5, 0.6) is 0 Å². The van der Waals surface area contributed by atoms with Crippen LogP contribution in [0.15, 0.2) is 28.7 Å². The topological polar surface area (TPSA) is 90.7 Å². The average molecular weight is 485 g/mol. The Morgan fingerprint density at radius 2 is 1.83 bits per heavy atom. The molecule has 1 saturated carbocycles. The molecule has 1 N–H and O–H groups in total. The van der Waals surface area contributed by atoms with E-state index < -0.39 is 17.6 Å². The number of oxazole rings is 1. The van der Waals surface area contributed by atoms with E-state index in [1.165, 1.54) is 5.56 Å². The molecule has 1 aromatic carbocycles. The highest BCUT2D eigenvalue weighted by atomic mass is 16.6. The van der Waals surface area contributed by atoms with Gasteiger partial charge in [0, 0.05) is 11.5 Å². The van der Waals surface area contributed by atoms with Crippen molar-refractivity contribution in [3.63, 3.8) is 0 Å². The van der Waals surface area contributed by atoms with Crippen molar-refractivity contribution in [3.8, 4) is 11.5 Å². The van der Waals surface area contributed by atoms with Crippen molar-refractivity contribution in [2.45, 2.75) is 98.5 Å². The van der Waals surface area contributed by atoms with Crippen LogP contribution in [-0.2, 0) is 25.7 Å². The number of carbonyl (C=O) groups is 2. The SMILES string of the molecule is Cc1ccc(-c2nc(CO[C@@H]3CCC[C@H](C(=O)N[C@@H](C(=O)OC(C)(C)C)C(C)C)C3)c(C)o2)cc1. The molecule has 1 aromatic heterocycles. The zero-order chi connectivity index (χ0) is 25.8. The average Bonchev–Trinajstić information content (AvgIpc) is 3.15. The summed E-state index contributed by atoms with van der Waals surface area (Å²) in [6.45, 7) is 13.6. The summed E-state index contributed by atoms with van der Waals surface area (Å²) in [5.74, 6) is 0.561. The summed E-state index contributed by atoms with van der Waals surface area (Å²) in [6, 6.07) is 7.39. The standard InChI is InChI=1S/C28H40N2O5/c1-17(2)24(27(32)35-28(5,6)7)30-25(31)21-9-8-10-22(15-21)33-16-23-19(4)34-26(29-23)20-13-11-18(3)12-14-20/h11-14,17,21-22,24H,8-10,15-16H2,1-7H3,(H,30,31)/t21-,22+,24+/m0/s1. The summed E-state index contributed by atoms with van der Waals surface area (Å²) in [4.78, 5) is 30.3. The first kappa shape index (κ1) is 26.9. The van der Waals surface area contributed by atoms with Gasteiger partial charge in [-0.15, -0.1) is 0 Å². The first-order valence-corrected chi connectivity index (χ1v) is 12.6. The molecule has 7 heteroatoms. The monoisotopic (exact) mass is 484 g/mol. The lowest BCUT2D eigenvalue weighted by Gasteiger charge is -2.31. The van der Waals surface area contributed by atoms with Crippen LogP contribution in [-0.4, -0.2) is 34.6 Å². The number of aromatic nitrogens is 1. The van der Waals surface area contributed by atoms with Gasteiger partial charge in [0.15, 0.2) is 0 Å². The molecule has 2 aromatic rings. The van der Waals surface area contributed by atoms with Crippen molar-refractivity contribution in [3.05, 3.63) is 41.3 Å². The molecule has 1 heterocycles. The smallest absolute Gasteiger partial charge is 0.329 e. The lowest BCUT2D eigenvalue weighted by molar-refractivity contribution is -0.160. The minimum atomic E-state index is -0.666. The van der Waals surface area contributed by atoms with E-state index >= 15 is 0 Å². The highest BCUT2D eigenvalue weighted by Gasteiger charge is 2.34. The van der Waals surface area contributed by atoms with Crippen molar-refractivity contribution in [1.29, 1.82) is 0 Å². The molecule has 7 nitrogen and oxygen atoms in total. The second-order valence-corrected chi connectivity index (χ2v) is 10.9. The quantitative estimate of drug-likeness (QED) is 0.497. The Kier molecular flexibility index (Phi) is 8.75. The maximum atomic E-state index is 13.0. The number of nitrogens with one attached hydrogen (secondary N) is 1. The number of carbonyl (C=O) groups excluding carboxylic acids is 2. The summed E-state index contributed by atoms with van der Waals surface area (Å²) < 4.78 is 17.5. The summed E-state index contributed by atoms with van der Waals surface area (Å²) in [5.41, 5.74) is 2.29. The van der Waals surface area contributed by atoms with Crippen LogP contribution in [0.1, 0.15) is 77.3 Å². The number of rotatable bonds is 8. The number of benzene rings is 1. The zero-order valence-corrected chi connectivity index (χ0v) is 22.1. The fourth-order valence-corrected chi connectivity index (χ4v) is 4.25. The van der Waals surface area contributed by atoms with E-state index in [-0.39, 0.29) is 23.8 Å². The molecule has 3 rings (SSSR count). The van der Waals surface area contributed by atoms with Crippen LogP contribution < -0.4 is 5.32 Å². The van der Waals surface area contributed by atoms with Gasteiger partial charge in [-0.2, -0.15) is 0 Å². The number of esters is 1. The van der Waals surface area contributed by atoms with E-state index in [1.54, 1.807) is 0 Å². The van der Waals surface area contributed by atoms with E-state index in [9.17, 15) is 9.59 Å². The lowest BCUT2D eigenvalue weighted by Crippen LogP contribution is -2.49. The van der Waals surface area contributed by atoms with E-state index in [0.717, 1.165) is 36.3 Å². The van der Waals surface area contributed by atoms with Crippen molar-refractivity contribution in [2.75, 3.05) is 0 Å². The Hall–Kier alpha value is -2.67. The molecule has 0 aliphatic heterocycles. The maximum Gasteiger partial charge on any atom is 0.329 e. The third-order valence-electron chi connectivity index (χ3n) is 6.27. The molecule has 1 fully saturated rings. The Bertz CT molecular complexity index is 1000. The van der Waals surface area contributed by atoms with Crippen molar-refractivity contribution in [2.24, 2.45) is 11.8 Å². The first-order valence-electron chi connectivity index (χ1n) is 12.6. The van der Waals surface area contributed by atoms with Gasteiger partial charge in [0.2, 0.25) is 11.8 Å². The highest BCUT2D eigenvalue weighted by molar-refractivity contribution is 5.86. The van der Waals surface area contributed by atoms with Crippen LogP contribution in [0, 0.1) is 25.7 Å². The Balaban J connectivity index is 1.56. The van der Waals surface area contributed by atoms with E-state index in [4.69, 9.17) is 13.9 Å². The highest BCUT2D eigenvalue weighted by Crippen LogP contribution is 2.29. The first-order chi connectivity index (χ1) is 16.4. The van der Waals surface area contributed by atoms with E-state index in [2.05, 4.69) is 10.3 Å². The Morgan fingerprint density at radius 1 is 1.14 bits per heavy atom. The largest absolute Gasteiger partial charge is 0.458 e. The van der Waals surface area contributed by atoms with Crippen LogP contribution >= 0.6 is 0 Å². The number of ether oxygens (including phenoxy) is 2. The lowest BCUT2D eigenvalue weighted by atomic mass is 9.86. The van der Waals surface area contributed by atoms with Gasteiger partial charge in [0.1, 0.15) is 23.1 Å². The third-order valence-corrected chi connectivity index (χ3v) is 6.27. The van der Waals surface area contributed by atoms with Gasteiger partial charge in [0.05, 0.1) is 12.7 Å². The summed E-state index contributed by atoms with van der Waals surface area (Å²) >= 11 is 0. The van der Waals surface area contributed by atoms with Crippen LogP contribution in [0.4, 0.5) is 0 Å². The van der Waals surface area contributed by atoms with Gasteiger partial charge in [-0.25, -0.2) is 9.78 Å². The number of hydrogen-bond acceptors (Lipinski definition) is 6. The number of hydrogen-bond donors (Lipinski definition) is 1. The number of nitrogens with zero attached hydrogens (tertiary/aromatic N) is 1. The molecule has 1 aliphatic carbocycles. The Labute approximate surface area is 209 Å². The van der Waals surface area contributed by atoms with Crippen LogP contribution in [0.3, 0.4) is 0 Å². The molecule has 35 heavy (non-hydrogen) atoms. The zero-order valence-electron chi connectivity index (χ0n) is 22.1. The third kappa shape index (κ3) is 7.66. The molecule has 0 spiro atoms. The molecule has 1 aliphatic rings. The van der Waals surface area contributed by atoms with Gasteiger partial charge in [-0.05, 0) is 71.9 Å². The molecule has 0 unspecified atom stereocenters. The van der Waals surface area contributed by atoms with Crippen LogP contribution in [0.2, 0.25) is 0 Å². The second kappa shape index (κ2) is 11.4. The number of aryl methyl sites for hydroxylation is 2. The predicted molar refractivity (Wildman–Crippen MR) is 135 cm³/mol. The fraction of sp³-hybridized carbons (Fsp3) is 0.607. The van der Waals surface area contributed by atoms with E-state index in [0.29, 0.717) is 18.9 Å². The molecule has 3 atom stereocenters. The summed E-state index contributed by atoms with van der Waals surface area (Å²) in [7, 11) is 0. The van der Waals surface area contributed by atoms with Gasteiger partial charge in [0.25, 0.3) is 0 Å². The normalized spacial score (nSPS) is 19.4. The molecule has 1 amide bonds. The van der Waals surface area contributed by atoms with Crippen molar-refractivity contribution < 1.29 is 23.5 Å². The van der Waals surface area contributed by atoms with Gasteiger partial charge in [-0.1, -0.05) is 38.0 Å². The van der Waals surface area contributed by atoms with Gasteiger partial charge >= 0.3 is 5.97 Å². The van der Waals surface area contributed by atoms with Gasteiger partial charge in [-0.3, -0.25) is 4.79 Å².